The van der Waals surface area contributed by atoms with Crippen LogP contribution in [0.2, 0.25) is 0 Å². The molecule has 7 N–H and O–H groups in total. The van der Waals surface area contributed by atoms with Crippen LogP contribution >= 0.6 is 11.3 Å². The molecule has 3 rings (SSSR count). The van der Waals surface area contributed by atoms with Crippen molar-refractivity contribution in [3.8, 4) is 0 Å². The quantitative estimate of drug-likeness (QED) is 0.197. The van der Waals surface area contributed by atoms with E-state index in [9.17, 15) is 19.5 Å². The average molecular weight is 510 g/mol. The summed E-state index contributed by atoms with van der Waals surface area (Å²) >= 11 is 1.07. The van der Waals surface area contributed by atoms with Gasteiger partial charge in [0.2, 0.25) is 0 Å². The zero-order valence-corrected chi connectivity index (χ0v) is 20.8. The Morgan fingerprint density at radius 3 is 2.50 bits per heavy atom. The summed E-state index contributed by atoms with van der Waals surface area (Å²) in [5.74, 6) is -2.28. The van der Waals surface area contributed by atoms with Crippen LogP contribution in [0.4, 0.5) is 10.8 Å². The Kier molecular flexibility index (Phi) is 8.00. The van der Waals surface area contributed by atoms with E-state index in [1.54, 1.807) is 36.5 Å². The number of nitrogens with zero attached hydrogens (tertiary/aromatic N) is 2. The number of carbonyl (C=O) groups is 3. The summed E-state index contributed by atoms with van der Waals surface area (Å²) in [6.45, 7) is 5.74. The lowest BCUT2D eigenvalue weighted by atomic mass is 9.91. The van der Waals surface area contributed by atoms with E-state index in [0.717, 1.165) is 11.3 Å². The molecule has 0 bridgehead atoms. The first-order chi connectivity index (χ1) is 16.9. The number of anilines is 2. The SMILES string of the molecule is CC(C)(C)c1nc(NC(=N)N)sc1C(=O)Nc1cccc(C(=O)NC(CC(=O)O)c2cccnc2)c1. The Morgan fingerprint density at radius 1 is 1.14 bits per heavy atom. The third-order valence-corrected chi connectivity index (χ3v) is 5.91. The second-order valence-electron chi connectivity index (χ2n) is 8.93. The topological polar surface area (TPSA) is 183 Å². The molecule has 2 heterocycles. The number of thiazole rings is 1. The summed E-state index contributed by atoms with van der Waals surface area (Å²) in [4.78, 5) is 46.1. The van der Waals surface area contributed by atoms with Crippen LogP contribution in [0, 0.1) is 5.41 Å². The first-order valence-corrected chi connectivity index (χ1v) is 11.7. The lowest BCUT2D eigenvalue weighted by molar-refractivity contribution is -0.137. The van der Waals surface area contributed by atoms with E-state index in [4.69, 9.17) is 11.1 Å². The van der Waals surface area contributed by atoms with Gasteiger partial charge in [-0.05, 0) is 29.8 Å². The molecule has 0 fully saturated rings. The van der Waals surface area contributed by atoms with Gasteiger partial charge in [0, 0.05) is 29.1 Å². The predicted molar refractivity (Wildman–Crippen MR) is 137 cm³/mol. The van der Waals surface area contributed by atoms with Crippen LogP contribution in [0.1, 0.15) is 64.5 Å². The fraction of sp³-hybridized carbons (Fsp3) is 0.250. The van der Waals surface area contributed by atoms with Crippen molar-refractivity contribution >= 4 is 45.9 Å². The minimum absolute atomic E-state index is 0.242. The number of nitrogens with one attached hydrogen (secondary N) is 4. The van der Waals surface area contributed by atoms with Crippen molar-refractivity contribution in [2.45, 2.75) is 38.6 Å². The Bertz CT molecular complexity index is 1290. The minimum atomic E-state index is -1.07. The molecule has 1 aromatic carbocycles. The number of benzene rings is 1. The van der Waals surface area contributed by atoms with Crippen LogP contribution in [-0.2, 0) is 10.2 Å². The van der Waals surface area contributed by atoms with Gasteiger partial charge in [0.05, 0.1) is 18.2 Å². The maximum absolute atomic E-state index is 13.1. The second-order valence-corrected chi connectivity index (χ2v) is 9.93. The largest absolute Gasteiger partial charge is 0.481 e. The van der Waals surface area contributed by atoms with E-state index >= 15 is 0 Å². The highest BCUT2D eigenvalue weighted by Crippen LogP contribution is 2.32. The third kappa shape index (κ3) is 6.85. The van der Waals surface area contributed by atoms with E-state index in [-0.39, 0.29) is 17.9 Å². The van der Waals surface area contributed by atoms with Crippen LogP contribution in [0.3, 0.4) is 0 Å². The smallest absolute Gasteiger partial charge is 0.305 e. The molecule has 11 nitrogen and oxygen atoms in total. The van der Waals surface area contributed by atoms with Crippen LogP contribution in [0.5, 0.6) is 0 Å². The van der Waals surface area contributed by atoms with Gasteiger partial charge < -0.3 is 26.8 Å². The van der Waals surface area contributed by atoms with Crippen molar-refractivity contribution in [3.63, 3.8) is 0 Å². The van der Waals surface area contributed by atoms with Crippen molar-refractivity contribution in [2.24, 2.45) is 5.73 Å². The highest BCUT2D eigenvalue weighted by atomic mass is 32.1. The molecular weight excluding hydrogens is 482 g/mol. The van der Waals surface area contributed by atoms with Gasteiger partial charge in [-0.1, -0.05) is 44.2 Å². The van der Waals surface area contributed by atoms with Crippen molar-refractivity contribution in [2.75, 3.05) is 10.6 Å². The number of carboxylic acids is 1. The molecular formula is C24H27N7O4S. The monoisotopic (exact) mass is 509 g/mol. The minimum Gasteiger partial charge on any atom is -0.481 e. The number of aromatic nitrogens is 2. The van der Waals surface area contributed by atoms with Gasteiger partial charge in [0.1, 0.15) is 4.88 Å². The van der Waals surface area contributed by atoms with Crippen LogP contribution in [-0.4, -0.2) is 38.8 Å². The molecule has 0 aliphatic heterocycles. The molecule has 188 valence electrons. The number of hydrogen-bond acceptors (Lipinski definition) is 7. The number of amides is 2. The molecule has 0 aliphatic carbocycles. The number of guanidine groups is 1. The molecule has 12 heteroatoms. The van der Waals surface area contributed by atoms with Crippen LogP contribution in [0.25, 0.3) is 0 Å². The van der Waals surface area contributed by atoms with Crippen LogP contribution in [0.15, 0.2) is 48.8 Å². The molecule has 3 aromatic rings. The van der Waals surface area contributed by atoms with Gasteiger partial charge in [-0.2, -0.15) is 0 Å². The van der Waals surface area contributed by atoms with Gasteiger partial charge in [-0.25, -0.2) is 4.98 Å². The number of aliphatic carboxylic acids is 1. The molecule has 0 radical (unpaired) electrons. The zero-order chi connectivity index (χ0) is 26.5. The summed E-state index contributed by atoms with van der Waals surface area (Å²) in [6, 6.07) is 8.89. The van der Waals surface area contributed by atoms with Gasteiger partial charge in [0.25, 0.3) is 11.8 Å². The van der Waals surface area contributed by atoms with Crippen molar-refractivity contribution in [1.29, 1.82) is 5.41 Å². The molecule has 0 aliphatic rings. The molecule has 0 saturated carbocycles. The number of hydrogen-bond donors (Lipinski definition) is 6. The van der Waals surface area contributed by atoms with E-state index in [1.807, 2.05) is 20.8 Å². The molecule has 1 atom stereocenters. The summed E-state index contributed by atoms with van der Waals surface area (Å²) in [5.41, 5.74) is 6.66. The summed E-state index contributed by atoms with van der Waals surface area (Å²) in [7, 11) is 0. The van der Waals surface area contributed by atoms with Gasteiger partial charge >= 0.3 is 5.97 Å². The van der Waals surface area contributed by atoms with Gasteiger partial charge in [-0.15, -0.1) is 0 Å². The van der Waals surface area contributed by atoms with E-state index in [2.05, 4.69) is 25.9 Å². The third-order valence-electron chi connectivity index (χ3n) is 4.94. The summed E-state index contributed by atoms with van der Waals surface area (Å²) in [6.07, 6.45) is 2.75. The lowest BCUT2D eigenvalue weighted by Crippen LogP contribution is -2.30. The lowest BCUT2D eigenvalue weighted by Gasteiger charge is -2.18. The van der Waals surface area contributed by atoms with E-state index in [0.29, 0.717) is 27.0 Å². The van der Waals surface area contributed by atoms with Gasteiger partial charge in [0.15, 0.2) is 11.1 Å². The number of nitrogens with two attached hydrogens (primary N) is 1. The van der Waals surface area contributed by atoms with Crippen molar-refractivity contribution in [3.05, 3.63) is 70.5 Å². The molecule has 36 heavy (non-hydrogen) atoms. The number of carbonyl (C=O) groups excluding carboxylic acids is 2. The number of rotatable bonds is 8. The highest BCUT2D eigenvalue weighted by Gasteiger charge is 2.28. The first kappa shape index (κ1) is 26.3. The van der Waals surface area contributed by atoms with Crippen LogP contribution < -0.4 is 21.7 Å². The highest BCUT2D eigenvalue weighted by molar-refractivity contribution is 7.17. The molecule has 2 amide bonds. The molecule has 0 saturated heterocycles. The summed E-state index contributed by atoms with van der Waals surface area (Å²) < 4.78 is 0. The van der Waals surface area contributed by atoms with E-state index < -0.39 is 29.2 Å². The van der Waals surface area contributed by atoms with Crippen molar-refractivity contribution < 1.29 is 19.5 Å². The Balaban J connectivity index is 1.81. The molecule has 2 aromatic heterocycles. The Hall–Kier alpha value is -4.32. The normalized spacial score (nSPS) is 11.9. The maximum atomic E-state index is 13.1. The maximum Gasteiger partial charge on any atom is 0.305 e. The van der Waals surface area contributed by atoms with Crippen molar-refractivity contribution in [1.82, 2.24) is 15.3 Å². The number of pyridine rings is 1. The number of carboxylic acid groups (broad SMARTS) is 1. The Morgan fingerprint density at radius 2 is 1.89 bits per heavy atom. The first-order valence-electron chi connectivity index (χ1n) is 10.9. The standard InChI is InChI=1S/C24H27N7O4S/c1-24(2,3)19-18(36-23(30-19)31-22(25)26)21(35)28-15-8-4-6-13(10-15)20(34)29-16(11-17(32)33)14-7-5-9-27-12-14/h4-10,12,16H,11H2,1-3H3,(H,28,35)(H,29,34)(H,32,33)(H4,25,26,30,31). The molecule has 1 unspecified atom stereocenters. The fourth-order valence-electron chi connectivity index (χ4n) is 3.33. The average Bonchev–Trinajstić information content (AvgIpc) is 3.23. The van der Waals surface area contributed by atoms with Gasteiger partial charge in [-0.3, -0.25) is 24.8 Å². The Labute approximate surface area is 211 Å². The fourth-order valence-corrected chi connectivity index (χ4v) is 4.41. The zero-order valence-electron chi connectivity index (χ0n) is 20.0. The van der Waals surface area contributed by atoms with E-state index in [1.165, 1.54) is 12.3 Å². The predicted octanol–water partition coefficient (Wildman–Crippen LogP) is 3.34. The second kappa shape index (κ2) is 11.0. The summed E-state index contributed by atoms with van der Waals surface area (Å²) in [5, 5.41) is 25.1. The molecule has 0 spiro atoms.